The molecule has 22 heavy (non-hydrogen) atoms. The number of carbonyl (C=O) groups excluding carboxylic acids is 3. The van der Waals surface area contributed by atoms with Crippen molar-refractivity contribution in [2.75, 3.05) is 19.5 Å². The number of rotatable bonds is 5. The van der Waals surface area contributed by atoms with Gasteiger partial charge in [0.25, 0.3) is 0 Å². The van der Waals surface area contributed by atoms with Gasteiger partial charge in [-0.1, -0.05) is 0 Å². The fraction of sp³-hybridized carbons (Fsp3) is 0.400. The lowest BCUT2D eigenvalue weighted by Crippen LogP contribution is -2.45. The molecule has 1 N–H and O–H groups in total. The predicted molar refractivity (Wildman–Crippen MR) is 78.7 cm³/mol. The Kier molecular flexibility index (Phi) is 4.65. The van der Waals surface area contributed by atoms with Gasteiger partial charge in [-0.2, -0.15) is 0 Å². The van der Waals surface area contributed by atoms with Gasteiger partial charge in [-0.05, 0) is 19.1 Å². The van der Waals surface area contributed by atoms with Gasteiger partial charge in [-0.3, -0.25) is 19.3 Å². The maximum atomic E-state index is 12.3. The van der Waals surface area contributed by atoms with E-state index < -0.39 is 11.9 Å². The number of amides is 3. The molecule has 1 fully saturated rings. The van der Waals surface area contributed by atoms with E-state index in [0.717, 1.165) is 4.90 Å². The first-order valence-electron chi connectivity index (χ1n) is 6.85. The molecule has 2 rings (SSSR count). The standard InChI is InChI=1S/C15H18N2O5/c1-9(17-13(18)6-7-14(17)19)15(20)16-11-8-10(21-2)4-5-12(11)22-3/h4-5,8-9H,6-7H2,1-3H3,(H,16,20)/t9-/m0/s1. The Labute approximate surface area is 128 Å². The van der Waals surface area contributed by atoms with E-state index in [2.05, 4.69) is 5.32 Å². The van der Waals surface area contributed by atoms with E-state index in [-0.39, 0.29) is 24.7 Å². The summed E-state index contributed by atoms with van der Waals surface area (Å²) in [7, 11) is 2.99. The Balaban J connectivity index is 2.17. The van der Waals surface area contributed by atoms with Crippen molar-refractivity contribution < 1.29 is 23.9 Å². The van der Waals surface area contributed by atoms with E-state index in [1.165, 1.54) is 21.1 Å². The molecule has 0 aromatic heterocycles. The monoisotopic (exact) mass is 306 g/mol. The molecular formula is C15H18N2O5. The first-order valence-corrected chi connectivity index (χ1v) is 6.85. The minimum atomic E-state index is -0.876. The third kappa shape index (κ3) is 3.03. The largest absolute Gasteiger partial charge is 0.497 e. The van der Waals surface area contributed by atoms with Crippen molar-refractivity contribution in [1.82, 2.24) is 4.90 Å². The van der Waals surface area contributed by atoms with Gasteiger partial charge in [0.1, 0.15) is 17.5 Å². The molecule has 1 aliphatic heterocycles. The lowest BCUT2D eigenvalue weighted by molar-refractivity contribution is -0.144. The first kappa shape index (κ1) is 15.8. The van der Waals surface area contributed by atoms with Gasteiger partial charge >= 0.3 is 0 Å². The fourth-order valence-electron chi connectivity index (χ4n) is 2.29. The van der Waals surface area contributed by atoms with Crippen LogP contribution in [0.2, 0.25) is 0 Å². The summed E-state index contributed by atoms with van der Waals surface area (Å²) in [5, 5.41) is 2.66. The molecule has 1 aliphatic rings. The summed E-state index contributed by atoms with van der Waals surface area (Å²) < 4.78 is 10.3. The van der Waals surface area contributed by atoms with Crippen LogP contribution in [0.4, 0.5) is 5.69 Å². The first-order chi connectivity index (χ1) is 10.5. The van der Waals surface area contributed by atoms with Gasteiger partial charge in [-0.25, -0.2) is 0 Å². The van der Waals surface area contributed by atoms with Gasteiger partial charge in [-0.15, -0.1) is 0 Å². The van der Waals surface area contributed by atoms with Crippen molar-refractivity contribution in [2.45, 2.75) is 25.8 Å². The Morgan fingerprint density at radius 1 is 1.18 bits per heavy atom. The van der Waals surface area contributed by atoms with Crippen LogP contribution < -0.4 is 14.8 Å². The number of methoxy groups -OCH3 is 2. The van der Waals surface area contributed by atoms with Crippen LogP contribution in [0.15, 0.2) is 18.2 Å². The smallest absolute Gasteiger partial charge is 0.247 e. The van der Waals surface area contributed by atoms with Gasteiger partial charge in [0.05, 0.1) is 19.9 Å². The van der Waals surface area contributed by atoms with Gasteiger partial charge in [0.2, 0.25) is 17.7 Å². The van der Waals surface area contributed by atoms with Crippen LogP contribution in [-0.2, 0) is 14.4 Å². The third-order valence-corrected chi connectivity index (χ3v) is 3.52. The molecule has 1 aromatic rings. The third-order valence-electron chi connectivity index (χ3n) is 3.52. The zero-order chi connectivity index (χ0) is 16.3. The van der Waals surface area contributed by atoms with Crippen LogP contribution >= 0.6 is 0 Å². The van der Waals surface area contributed by atoms with Crippen molar-refractivity contribution in [3.63, 3.8) is 0 Å². The van der Waals surface area contributed by atoms with E-state index >= 15 is 0 Å². The molecule has 7 nitrogen and oxygen atoms in total. The van der Waals surface area contributed by atoms with Crippen molar-refractivity contribution in [3.8, 4) is 11.5 Å². The number of likely N-dealkylation sites (tertiary alicyclic amines) is 1. The summed E-state index contributed by atoms with van der Waals surface area (Å²) in [4.78, 5) is 36.7. The molecule has 0 radical (unpaired) electrons. The van der Waals surface area contributed by atoms with E-state index in [9.17, 15) is 14.4 Å². The summed E-state index contributed by atoms with van der Waals surface area (Å²) in [5.74, 6) is -0.108. The highest BCUT2D eigenvalue weighted by Gasteiger charge is 2.36. The quantitative estimate of drug-likeness (QED) is 0.826. The number of anilines is 1. The zero-order valence-corrected chi connectivity index (χ0v) is 12.7. The second-order valence-electron chi connectivity index (χ2n) is 4.89. The normalized spacial score (nSPS) is 15.7. The molecule has 7 heteroatoms. The molecule has 3 amide bonds. The fourth-order valence-corrected chi connectivity index (χ4v) is 2.29. The zero-order valence-electron chi connectivity index (χ0n) is 12.7. The van der Waals surface area contributed by atoms with Crippen molar-refractivity contribution >= 4 is 23.4 Å². The molecule has 0 spiro atoms. The lowest BCUT2D eigenvalue weighted by Gasteiger charge is -2.22. The topological polar surface area (TPSA) is 84.9 Å². The second kappa shape index (κ2) is 6.46. The minimum absolute atomic E-state index is 0.152. The highest BCUT2D eigenvalue weighted by Crippen LogP contribution is 2.29. The van der Waals surface area contributed by atoms with Gasteiger partial charge in [0, 0.05) is 18.9 Å². The minimum Gasteiger partial charge on any atom is -0.497 e. The molecule has 0 bridgehead atoms. The molecule has 1 aromatic carbocycles. The molecule has 0 saturated carbocycles. The number of nitrogens with one attached hydrogen (secondary N) is 1. The Morgan fingerprint density at radius 2 is 1.82 bits per heavy atom. The molecule has 118 valence electrons. The van der Waals surface area contributed by atoms with E-state index in [4.69, 9.17) is 9.47 Å². The summed E-state index contributed by atoms with van der Waals surface area (Å²) in [6.45, 7) is 1.52. The van der Waals surface area contributed by atoms with Crippen LogP contribution in [-0.4, -0.2) is 42.9 Å². The highest BCUT2D eigenvalue weighted by atomic mass is 16.5. The van der Waals surface area contributed by atoms with Crippen molar-refractivity contribution in [2.24, 2.45) is 0 Å². The van der Waals surface area contributed by atoms with Crippen molar-refractivity contribution in [1.29, 1.82) is 0 Å². The van der Waals surface area contributed by atoms with E-state index in [0.29, 0.717) is 17.2 Å². The van der Waals surface area contributed by atoms with Crippen molar-refractivity contribution in [3.05, 3.63) is 18.2 Å². The molecule has 1 atom stereocenters. The molecule has 1 saturated heterocycles. The number of imide groups is 1. The van der Waals surface area contributed by atoms with E-state index in [1.54, 1.807) is 18.2 Å². The number of carbonyl (C=O) groups is 3. The van der Waals surface area contributed by atoms with Crippen LogP contribution in [0.3, 0.4) is 0 Å². The predicted octanol–water partition coefficient (Wildman–Crippen LogP) is 1.18. The Bertz CT molecular complexity index is 598. The number of ether oxygens (including phenoxy) is 2. The van der Waals surface area contributed by atoms with Crippen LogP contribution in [0.1, 0.15) is 19.8 Å². The van der Waals surface area contributed by atoms with Crippen LogP contribution in [0.5, 0.6) is 11.5 Å². The average Bonchev–Trinajstić information content (AvgIpc) is 2.85. The molecular weight excluding hydrogens is 288 g/mol. The SMILES string of the molecule is COc1ccc(OC)c(NC(=O)[C@H](C)N2C(=O)CCC2=O)c1. The number of hydrogen-bond acceptors (Lipinski definition) is 5. The van der Waals surface area contributed by atoms with Crippen LogP contribution in [0, 0.1) is 0 Å². The van der Waals surface area contributed by atoms with Crippen LogP contribution in [0.25, 0.3) is 0 Å². The highest BCUT2D eigenvalue weighted by molar-refractivity contribution is 6.07. The maximum absolute atomic E-state index is 12.3. The number of hydrogen-bond donors (Lipinski definition) is 1. The Morgan fingerprint density at radius 3 is 2.36 bits per heavy atom. The summed E-state index contributed by atoms with van der Waals surface area (Å²) in [6, 6.07) is 4.09. The van der Waals surface area contributed by atoms with Gasteiger partial charge in [0.15, 0.2) is 0 Å². The lowest BCUT2D eigenvalue weighted by atomic mass is 10.2. The molecule has 0 aliphatic carbocycles. The van der Waals surface area contributed by atoms with Gasteiger partial charge < -0.3 is 14.8 Å². The van der Waals surface area contributed by atoms with E-state index in [1.807, 2.05) is 0 Å². The molecule has 0 unspecified atom stereocenters. The second-order valence-corrected chi connectivity index (χ2v) is 4.89. The number of nitrogens with zero attached hydrogens (tertiary/aromatic N) is 1. The molecule has 1 heterocycles. The summed E-state index contributed by atoms with van der Waals surface area (Å²) >= 11 is 0. The summed E-state index contributed by atoms with van der Waals surface area (Å²) in [5.41, 5.74) is 0.415. The number of benzene rings is 1. The Hall–Kier alpha value is -2.57. The summed E-state index contributed by atoms with van der Waals surface area (Å²) in [6.07, 6.45) is 0.303. The maximum Gasteiger partial charge on any atom is 0.247 e. The average molecular weight is 306 g/mol.